The van der Waals surface area contributed by atoms with Gasteiger partial charge in [0.15, 0.2) is 0 Å². The molecule has 20 heavy (non-hydrogen) atoms. The monoisotopic (exact) mass is 297 g/mol. The van der Waals surface area contributed by atoms with Gasteiger partial charge in [-0.15, -0.1) is 0 Å². The quantitative estimate of drug-likeness (QED) is 0.840. The Morgan fingerprint density at radius 2 is 2.05 bits per heavy atom. The Labute approximate surface area is 121 Å². The molecule has 1 fully saturated rings. The van der Waals surface area contributed by atoms with Gasteiger partial charge in [0.25, 0.3) is 0 Å². The van der Waals surface area contributed by atoms with Crippen LogP contribution in [0.3, 0.4) is 0 Å². The van der Waals surface area contributed by atoms with Crippen molar-refractivity contribution in [3.63, 3.8) is 0 Å². The summed E-state index contributed by atoms with van der Waals surface area (Å²) in [6.45, 7) is 4.80. The van der Waals surface area contributed by atoms with Crippen molar-refractivity contribution in [2.45, 2.75) is 44.6 Å². The summed E-state index contributed by atoms with van der Waals surface area (Å²) in [7, 11) is -3.46. The van der Waals surface area contributed by atoms with Gasteiger partial charge in [0.05, 0.1) is 11.5 Å². The van der Waals surface area contributed by atoms with E-state index in [4.69, 9.17) is 0 Å². The molecule has 2 rings (SSSR count). The van der Waals surface area contributed by atoms with E-state index in [1.165, 1.54) is 0 Å². The zero-order chi connectivity index (χ0) is 14.8. The molecule has 1 aliphatic rings. The number of rotatable bonds is 7. The molecule has 0 unspecified atom stereocenters. The lowest BCUT2D eigenvalue weighted by molar-refractivity contribution is 0.280. The fourth-order valence-electron chi connectivity index (χ4n) is 2.40. The predicted molar refractivity (Wildman–Crippen MR) is 78.9 cm³/mol. The molecule has 1 aromatic rings. The first-order valence-electron chi connectivity index (χ1n) is 7.20. The Bertz CT molecular complexity index is 564. The summed E-state index contributed by atoms with van der Waals surface area (Å²) in [6, 6.07) is 5.10. The van der Waals surface area contributed by atoms with Crippen LogP contribution in [0.15, 0.2) is 23.1 Å². The summed E-state index contributed by atoms with van der Waals surface area (Å²) < 4.78 is 27.2. The molecular formula is C15H23NO3S. The van der Waals surface area contributed by atoms with Crippen LogP contribution in [0, 0.1) is 12.8 Å². The van der Waals surface area contributed by atoms with Crippen LogP contribution in [0.4, 0.5) is 0 Å². The molecule has 0 heterocycles. The SMILES string of the molecule is CCCN(CC1CC1)S(=O)(=O)c1cccc(CO)c1C. The second kappa shape index (κ2) is 6.24. The van der Waals surface area contributed by atoms with Crippen molar-refractivity contribution in [1.82, 2.24) is 4.31 Å². The summed E-state index contributed by atoms with van der Waals surface area (Å²) in [5, 5.41) is 9.30. The van der Waals surface area contributed by atoms with Gasteiger partial charge >= 0.3 is 0 Å². The summed E-state index contributed by atoms with van der Waals surface area (Å²) in [5.74, 6) is 0.526. The Balaban J connectivity index is 2.35. The number of aliphatic hydroxyl groups is 1. The summed E-state index contributed by atoms with van der Waals surface area (Å²) in [4.78, 5) is 0.332. The Morgan fingerprint density at radius 3 is 2.60 bits per heavy atom. The standard InChI is InChI=1S/C15H23NO3S/c1-3-9-16(10-13-7-8-13)20(18,19)15-6-4-5-14(11-17)12(15)2/h4-6,13,17H,3,7-11H2,1-2H3. The molecule has 112 valence electrons. The van der Waals surface area contributed by atoms with Crippen LogP contribution in [0.5, 0.6) is 0 Å². The number of aliphatic hydroxyl groups excluding tert-OH is 1. The minimum Gasteiger partial charge on any atom is -0.392 e. The maximum Gasteiger partial charge on any atom is 0.243 e. The van der Waals surface area contributed by atoms with E-state index in [1.807, 2.05) is 6.92 Å². The average molecular weight is 297 g/mol. The largest absolute Gasteiger partial charge is 0.392 e. The highest BCUT2D eigenvalue weighted by atomic mass is 32.2. The van der Waals surface area contributed by atoms with Crippen molar-refractivity contribution in [3.05, 3.63) is 29.3 Å². The van der Waals surface area contributed by atoms with Gasteiger partial charge < -0.3 is 5.11 Å². The number of benzene rings is 1. The molecule has 0 aromatic heterocycles. The van der Waals surface area contributed by atoms with Gasteiger partial charge in [-0.1, -0.05) is 19.1 Å². The molecular weight excluding hydrogens is 274 g/mol. The van der Waals surface area contributed by atoms with Crippen LogP contribution in [-0.4, -0.2) is 30.9 Å². The van der Waals surface area contributed by atoms with Crippen molar-refractivity contribution in [2.24, 2.45) is 5.92 Å². The second-order valence-electron chi connectivity index (χ2n) is 5.50. The summed E-state index contributed by atoms with van der Waals surface area (Å²) in [6.07, 6.45) is 3.07. The van der Waals surface area contributed by atoms with Crippen LogP contribution < -0.4 is 0 Å². The predicted octanol–water partition coefficient (Wildman–Crippen LogP) is 2.30. The molecule has 0 radical (unpaired) electrons. The lowest BCUT2D eigenvalue weighted by Crippen LogP contribution is -2.34. The minimum absolute atomic E-state index is 0.133. The van der Waals surface area contributed by atoms with Gasteiger partial charge in [0, 0.05) is 13.1 Å². The maximum atomic E-state index is 12.8. The van der Waals surface area contributed by atoms with E-state index >= 15 is 0 Å². The maximum absolute atomic E-state index is 12.8. The lowest BCUT2D eigenvalue weighted by atomic mass is 10.1. The third kappa shape index (κ3) is 3.22. The Kier molecular flexibility index (Phi) is 4.83. The van der Waals surface area contributed by atoms with Crippen LogP contribution in [-0.2, 0) is 16.6 Å². The van der Waals surface area contributed by atoms with E-state index in [-0.39, 0.29) is 6.61 Å². The zero-order valence-corrected chi connectivity index (χ0v) is 13.0. The van der Waals surface area contributed by atoms with Gasteiger partial charge in [-0.2, -0.15) is 4.31 Å². The summed E-state index contributed by atoms with van der Waals surface area (Å²) in [5.41, 5.74) is 1.33. The summed E-state index contributed by atoms with van der Waals surface area (Å²) >= 11 is 0. The molecule has 1 aromatic carbocycles. The molecule has 0 saturated heterocycles. The molecule has 0 spiro atoms. The van der Waals surface area contributed by atoms with Crippen LogP contribution in [0.2, 0.25) is 0 Å². The van der Waals surface area contributed by atoms with Crippen molar-refractivity contribution in [3.8, 4) is 0 Å². The van der Waals surface area contributed by atoms with Crippen molar-refractivity contribution in [2.75, 3.05) is 13.1 Å². The van der Waals surface area contributed by atoms with Crippen molar-refractivity contribution in [1.29, 1.82) is 0 Å². The molecule has 0 aliphatic heterocycles. The lowest BCUT2D eigenvalue weighted by Gasteiger charge is -2.23. The van der Waals surface area contributed by atoms with Crippen molar-refractivity contribution < 1.29 is 13.5 Å². The average Bonchev–Trinajstić information content (AvgIpc) is 3.22. The first-order chi connectivity index (χ1) is 9.50. The normalized spacial score (nSPS) is 15.8. The molecule has 1 saturated carbocycles. The molecule has 4 nitrogen and oxygen atoms in total. The first-order valence-corrected chi connectivity index (χ1v) is 8.64. The third-order valence-corrected chi connectivity index (χ3v) is 5.83. The fourth-order valence-corrected chi connectivity index (χ4v) is 4.27. The van der Waals surface area contributed by atoms with E-state index < -0.39 is 10.0 Å². The van der Waals surface area contributed by atoms with Gasteiger partial charge in [-0.05, 0) is 49.3 Å². The highest BCUT2D eigenvalue weighted by Gasteiger charge is 2.32. The number of nitrogens with zero attached hydrogens (tertiary/aromatic N) is 1. The van der Waals surface area contributed by atoms with Gasteiger partial charge in [-0.3, -0.25) is 0 Å². The van der Waals surface area contributed by atoms with Crippen LogP contribution in [0.1, 0.15) is 37.3 Å². The van der Waals surface area contributed by atoms with E-state index in [0.717, 1.165) is 19.3 Å². The minimum atomic E-state index is -3.46. The highest BCUT2D eigenvalue weighted by Crippen LogP contribution is 2.32. The van der Waals surface area contributed by atoms with Gasteiger partial charge in [0.2, 0.25) is 10.0 Å². The van der Waals surface area contributed by atoms with E-state index in [2.05, 4.69) is 0 Å². The molecule has 1 aliphatic carbocycles. The van der Waals surface area contributed by atoms with Gasteiger partial charge in [0.1, 0.15) is 0 Å². The van der Waals surface area contributed by atoms with Crippen LogP contribution in [0.25, 0.3) is 0 Å². The van der Waals surface area contributed by atoms with Crippen LogP contribution >= 0.6 is 0 Å². The molecule has 1 N–H and O–H groups in total. The van der Waals surface area contributed by atoms with Crippen molar-refractivity contribution >= 4 is 10.0 Å². The first kappa shape index (κ1) is 15.5. The number of hydrogen-bond acceptors (Lipinski definition) is 3. The Hall–Kier alpha value is -0.910. The second-order valence-corrected chi connectivity index (χ2v) is 7.41. The number of sulfonamides is 1. The molecule has 0 atom stereocenters. The number of hydrogen-bond donors (Lipinski definition) is 1. The molecule has 5 heteroatoms. The van der Waals surface area contributed by atoms with Gasteiger partial charge in [-0.25, -0.2) is 8.42 Å². The topological polar surface area (TPSA) is 57.6 Å². The third-order valence-electron chi connectivity index (χ3n) is 3.82. The highest BCUT2D eigenvalue weighted by molar-refractivity contribution is 7.89. The van der Waals surface area contributed by atoms with E-state index in [1.54, 1.807) is 29.4 Å². The molecule has 0 bridgehead atoms. The molecule has 0 amide bonds. The fraction of sp³-hybridized carbons (Fsp3) is 0.600. The zero-order valence-electron chi connectivity index (χ0n) is 12.2. The van der Waals surface area contributed by atoms with E-state index in [0.29, 0.717) is 35.0 Å². The Morgan fingerprint density at radius 1 is 1.35 bits per heavy atom. The smallest absolute Gasteiger partial charge is 0.243 e. The van der Waals surface area contributed by atoms with E-state index in [9.17, 15) is 13.5 Å².